The average Bonchev–Trinajstić information content (AvgIpc) is 2.54. The molecule has 1 aromatic rings. The number of ether oxygens (including phenoxy) is 1. The predicted molar refractivity (Wildman–Crippen MR) is 87.4 cm³/mol. The van der Waals surface area contributed by atoms with Crippen molar-refractivity contribution in [1.82, 2.24) is 5.32 Å². The van der Waals surface area contributed by atoms with E-state index in [4.69, 9.17) is 4.74 Å². The molecule has 0 spiro atoms. The second kappa shape index (κ2) is 10.4. The average molecular weight is 291 g/mol. The number of nitrogens with one attached hydrogen (secondary N) is 1. The number of benzene rings is 1. The van der Waals surface area contributed by atoms with Crippen LogP contribution in [0.3, 0.4) is 0 Å². The van der Waals surface area contributed by atoms with E-state index >= 15 is 0 Å². The zero-order valence-corrected chi connectivity index (χ0v) is 13.6. The van der Waals surface area contributed by atoms with E-state index in [1.807, 2.05) is 30.3 Å². The lowest BCUT2D eigenvalue weighted by Crippen LogP contribution is -2.31. The van der Waals surface area contributed by atoms with E-state index in [0.717, 1.165) is 12.1 Å². The Morgan fingerprint density at radius 3 is 2.48 bits per heavy atom. The van der Waals surface area contributed by atoms with Crippen LogP contribution in [0.15, 0.2) is 30.3 Å². The highest BCUT2D eigenvalue weighted by molar-refractivity contribution is 5.78. The Balaban J connectivity index is 2.52. The maximum atomic E-state index is 12.0. The largest absolute Gasteiger partial charge is 0.469 e. The molecule has 2 unspecified atom stereocenters. The molecule has 0 bridgehead atoms. The van der Waals surface area contributed by atoms with Gasteiger partial charge in [-0.1, -0.05) is 63.4 Å². The standard InChI is InChI=1S/C18H29NO2/c1-4-6-10-15(5-2)13-19-14-17(18(20)21-3)16-11-8-7-9-12-16/h7-9,11-12,15,17,19H,4-6,10,13-14H2,1-3H3. The molecule has 0 aliphatic heterocycles. The first-order valence-corrected chi connectivity index (χ1v) is 8.06. The summed E-state index contributed by atoms with van der Waals surface area (Å²) < 4.78 is 4.94. The van der Waals surface area contributed by atoms with Crippen LogP contribution >= 0.6 is 0 Å². The molecule has 0 amide bonds. The van der Waals surface area contributed by atoms with Gasteiger partial charge in [-0.2, -0.15) is 0 Å². The molecule has 0 aromatic heterocycles. The Labute approximate surface area is 129 Å². The highest BCUT2D eigenvalue weighted by Crippen LogP contribution is 2.17. The number of hydrogen-bond donors (Lipinski definition) is 1. The second-order valence-corrected chi connectivity index (χ2v) is 5.56. The van der Waals surface area contributed by atoms with Crippen LogP contribution in [0, 0.1) is 5.92 Å². The molecular formula is C18H29NO2. The Kier molecular flexibility index (Phi) is 8.76. The van der Waals surface area contributed by atoms with E-state index in [9.17, 15) is 4.79 Å². The van der Waals surface area contributed by atoms with Gasteiger partial charge in [0.2, 0.25) is 0 Å². The van der Waals surface area contributed by atoms with Gasteiger partial charge in [-0.05, 0) is 24.4 Å². The minimum Gasteiger partial charge on any atom is -0.469 e. The van der Waals surface area contributed by atoms with Crippen molar-refractivity contribution in [3.05, 3.63) is 35.9 Å². The molecule has 0 saturated heterocycles. The zero-order chi connectivity index (χ0) is 15.5. The third kappa shape index (κ3) is 6.30. The van der Waals surface area contributed by atoms with Crippen LogP contribution in [0.25, 0.3) is 0 Å². The Morgan fingerprint density at radius 2 is 1.90 bits per heavy atom. The summed E-state index contributed by atoms with van der Waals surface area (Å²) in [5, 5.41) is 3.46. The van der Waals surface area contributed by atoms with E-state index in [0.29, 0.717) is 12.5 Å². The Bertz CT molecular complexity index is 391. The number of rotatable bonds is 10. The van der Waals surface area contributed by atoms with Crippen LogP contribution in [0.4, 0.5) is 0 Å². The number of hydrogen-bond acceptors (Lipinski definition) is 3. The molecule has 3 heteroatoms. The maximum Gasteiger partial charge on any atom is 0.314 e. The molecule has 2 atom stereocenters. The molecule has 1 N–H and O–H groups in total. The fourth-order valence-corrected chi connectivity index (χ4v) is 2.54. The van der Waals surface area contributed by atoms with Crippen molar-refractivity contribution in [3.63, 3.8) is 0 Å². The van der Waals surface area contributed by atoms with Crippen molar-refractivity contribution < 1.29 is 9.53 Å². The van der Waals surface area contributed by atoms with Crippen molar-refractivity contribution in [1.29, 1.82) is 0 Å². The van der Waals surface area contributed by atoms with Crippen molar-refractivity contribution in [2.75, 3.05) is 20.2 Å². The fourth-order valence-electron chi connectivity index (χ4n) is 2.54. The molecule has 118 valence electrons. The van der Waals surface area contributed by atoms with E-state index in [-0.39, 0.29) is 11.9 Å². The summed E-state index contributed by atoms with van der Waals surface area (Å²) in [5.41, 5.74) is 1.01. The molecule has 0 fully saturated rings. The van der Waals surface area contributed by atoms with Crippen molar-refractivity contribution in [2.45, 2.75) is 45.4 Å². The highest BCUT2D eigenvalue weighted by Gasteiger charge is 2.21. The smallest absolute Gasteiger partial charge is 0.314 e. The quantitative estimate of drug-likeness (QED) is 0.667. The van der Waals surface area contributed by atoms with Crippen LogP contribution in [-0.2, 0) is 9.53 Å². The fraction of sp³-hybridized carbons (Fsp3) is 0.611. The third-order valence-corrected chi connectivity index (χ3v) is 4.01. The summed E-state index contributed by atoms with van der Waals surface area (Å²) in [6.45, 7) is 6.07. The van der Waals surface area contributed by atoms with Crippen molar-refractivity contribution in [3.8, 4) is 0 Å². The molecule has 3 nitrogen and oxygen atoms in total. The molecule has 0 heterocycles. The summed E-state index contributed by atoms with van der Waals surface area (Å²) in [6.07, 6.45) is 4.96. The van der Waals surface area contributed by atoms with Gasteiger partial charge in [0.25, 0.3) is 0 Å². The van der Waals surface area contributed by atoms with Crippen molar-refractivity contribution in [2.24, 2.45) is 5.92 Å². The number of esters is 1. The van der Waals surface area contributed by atoms with Gasteiger partial charge >= 0.3 is 5.97 Å². The second-order valence-electron chi connectivity index (χ2n) is 5.56. The van der Waals surface area contributed by atoms with Gasteiger partial charge in [-0.3, -0.25) is 4.79 Å². The van der Waals surface area contributed by atoms with Crippen LogP contribution in [0.1, 0.15) is 51.0 Å². The monoisotopic (exact) mass is 291 g/mol. The van der Waals surface area contributed by atoms with Gasteiger partial charge in [-0.25, -0.2) is 0 Å². The van der Waals surface area contributed by atoms with Crippen LogP contribution in [-0.4, -0.2) is 26.2 Å². The van der Waals surface area contributed by atoms with Gasteiger partial charge in [-0.15, -0.1) is 0 Å². The predicted octanol–water partition coefficient (Wildman–Crippen LogP) is 3.75. The number of methoxy groups -OCH3 is 1. The summed E-state index contributed by atoms with van der Waals surface area (Å²) in [4.78, 5) is 12.0. The first-order valence-electron chi connectivity index (χ1n) is 8.06. The molecule has 1 aromatic carbocycles. The molecular weight excluding hydrogens is 262 g/mol. The molecule has 0 aliphatic carbocycles. The van der Waals surface area contributed by atoms with Gasteiger partial charge < -0.3 is 10.1 Å². The van der Waals surface area contributed by atoms with Crippen LogP contribution in [0.5, 0.6) is 0 Å². The van der Waals surface area contributed by atoms with Crippen molar-refractivity contribution >= 4 is 5.97 Å². The summed E-state index contributed by atoms with van der Waals surface area (Å²) in [6, 6.07) is 9.85. The summed E-state index contributed by atoms with van der Waals surface area (Å²) in [5.74, 6) is 0.300. The topological polar surface area (TPSA) is 38.3 Å². The van der Waals surface area contributed by atoms with Gasteiger partial charge in [0, 0.05) is 6.54 Å². The SMILES string of the molecule is CCCCC(CC)CNCC(C(=O)OC)c1ccccc1. The number of carbonyl (C=O) groups excluding carboxylic acids is 1. The number of unbranched alkanes of at least 4 members (excludes halogenated alkanes) is 1. The molecule has 0 saturated carbocycles. The molecule has 0 radical (unpaired) electrons. The summed E-state index contributed by atoms with van der Waals surface area (Å²) in [7, 11) is 1.45. The van der Waals surface area contributed by atoms with Gasteiger partial charge in [0.05, 0.1) is 13.0 Å². The van der Waals surface area contributed by atoms with E-state index < -0.39 is 0 Å². The highest BCUT2D eigenvalue weighted by atomic mass is 16.5. The zero-order valence-electron chi connectivity index (χ0n) is 13.6. The maximum absolute atomic E-state index is 12.0. The van der Waals surface area contributed by atoms with Gasteiger partial charge in [0.15, 0.2) is 0 Å². The number of carbonyl (C=O) groups is 1. The Hall–Kier alpha value is -1.35. The van der Waals surface area contributed by atoms with E-state index in [1.54, 1.807) is 0 Å². The lowest BCUT2D eigenvalue weighted by Gasteiger charge is -2.19. The molecule has 0 aliphatic rings. The normalized spacial score (nSPS) is 13.7. The van der Waals surface area contributed by atoms with Crippen LogP contribution in [0.2, 0.25) is 0 Å². The first kappa shape index (κ1) is 17.7. The minimum atomic E-state index is -0.222. The first-order chi connectivity index (χ1) is 10.2. The summed E-state index contributed by atoms with van der Waals surface area (Å²) >= 11 is 0. The van der Waals surface area contributed by atoms with Gasteiger partial charge in [0.1, 0.15) is 0 Å². The molecule has 21 heavy (non-hydrogen) atoms. The Morgan fingerprint density at radius 1 is 1.19 bits per heavy atom. The lowest BCUT2D eigenvalue weighted by molar-refractivity contribution is -0.142. The minimum absolute atomic E-state index is 0.171. The van der Waals surface area contributed by atoms with Crippen LogP contribution < -0.4 is 5.32 Å². The van der Waals surface area contributed by atoms with E-state index in [2.05, 4.69) is 19.2 Å². The third-order valence-electron chi connectivity index (χ3n) is 4.01. The molecule has 1 rings (SSSR count). The lowest BCUT2D eigenvalue weighted by atomic mass is 9.97. The van der Waals surface area contributed by atoms with E-state index in [1.165, 1.54) is 32.8 Å².